The van der Waals surface area contributed by atoms with Crippen molar-refractivity contribution in [3.8, 4) is 34.4 Å². The molecule has 0 bridgehead atoms. The number of rotatable bonds is 5. The molecule has 0 aliphatic carbocycles. The van der Waals surface area contributed by atoms with Crippen LogP contribution in [-0.2, 0) is 0 Å². The van der Waals surface area contributed by atoms with Crippen molar-refractivity contribution < 1.29 is 4.79 Å². The van der Waals surface area contributed by atoms with Crippen LogP contribution in [0.15, 0.2) is 90.6 Å². The first-order valence-corrected chi connectivity index (χ1v) is 10.9. The Morgan fingerprint density at radius 3 is 2.48 bits per heavy atom. The Morgan fingerprint density at radius 1 is 0.970 bits per heavy atom. The second-order valence-corrected chi connectivity index (χ2v) is 7.90. The zero-order valence-electron chi connectivity index (χ0n) is 17.2. The first-order chi connectivity index (χ1) is 16.2. The minimum absolute atomic E-state index is 0.321. The summed E-state index contributed by atoms with van der Waals surface area (Å²) in [6.07, 6.45) is 3.33. The fourth-order valence-corrected chi connectivity index (χ4v) is 4.06. The third kappa shape index (κ3) is 4.13. The molecule has 1 amide bonds. The van der Waals surface area contributed by atoms with Crippen LogP contribution in [0, 0.1) is 11.3 Å². The molecule has 0 saturated heterocycles. The summed E-state index contributed by atoms with van der Waals surface area (Å²) in [6.45, 7) is 0. The van der Waals surface area contributed by atoms with Crippen molar-refractivity contribution in [2.24, 2.45) is 0 Å². The maximum atomic E-state index is 13.3. The lowest BCUT2D eigenvalue weighted by molar-refractivity contribution is 0.102. The van der Waals surface area contributed by atoms with E-state index in [2.05, 4.69) is 26.5 Å². The number of hydrogen-bond donors (Lipinski definition) is 1. The molecule has 3 aromatic heterocycles. The van der Waals surface area contributed by atoms with Crippen molar-refractivity contribution in [2.45, 2.75) is 0 Å². The Labute approximate surface area is 193 Å². The molecule has 8 heteroatoms. The van der Waals surface area contributed by atoms with Crippen molar-refractivity contribution in [2.75, 3.05) is 5.32 Å². The topological polar surface area (TPSA) is 96.5 Å². The van der Waals surface area contributed by atoms with Gasteiger partial charge in [0.15, 0.2) is 5.13 Å². The zero-order valence-corrected chi connectivity index (χ0v) is 18.0. The van der Waals surface area contributed by atoms with Gasteiger partial charge in [-0.05, 0) is 24.3 Å². The largest absolute Gasteiger partial charge is 0.298 e. The number of nitrogens with zero attached hydrogens (tertiary/aromatic N) is 5. The Morgan fingerprint density at radius 2 is 1.73 bits per heavy atom. The van der Waals surface area contributed by atoms with E-state index in [4.69, 9.17) is 0 Å². The number of nitriles is 1. The van der Waals surface area contributed by atoms with Crippen LogP contribution in [0.4, 0.5) is 5.13 Å². The van der Waals surface area contributed by atoms with Gasteiger partial charge in [0.05, 0.1) is 16.8 Å². The number of benzene rings is 2. The van der Waals surface area contributed by atoms with E-state index in [1.165, 1.54) is 11.3 Å². The average Bonchev–Trinajstić information content (AvgIpc) is 3.53. The van der Waals surface area contributed by atoms with E-state index in [9.17, 15) is 10.1 Å². The highest BCUT2D eigenvalue weighted by atomic mass is 32.1. The van der Waals surface area contributed by atoms with Crippen molar-refractivity contribution in [1.29, 1.82) is 5.26 Å². The van der Waals surface area contributed by atoms with Gasteiger partial charge in [-0.25, -0.2) is 9.67 Å². The van der Waals surface area contributed by atoms with E-state index < -0.39 is 0 Å². The molecule has 0 spiro atoms. The molecule has 0 radical (unpaired) electrons. The molecule has 5 aromatic rings. The van der Waals surface area contributed by atoms with Crippen LogP contribution in [0.25, 0.3) is 28.3 Å². The predicted molar refractivity (Wildman–Crippen MR) is 127 cm³/mol. The van der Waals surface area contributed by atoms with Crippen LogP contribution in [0.1, 0.15) is 15.9 Å². The highest BCUT2D eigenvalue weighted by Crippen LogP contribution is 2.28. The molecular formula is C25H16N6OS. The summed E-state index contributed by atoms with van der Waals surface area (Å²) in [6, 6.07) is 24.7. The number of aromatic nitrogens is 4. The standard InChI is InChI=1S/C25H16N6OS/c26-14-18-10-7-13-27-23(18)21-16-33-25(28-21)29-24(32)20-15-31(19-11-5-2-6-12-19)30-22(20)17-8-3-1-4-9-17/h1-13,15-16H,(H,28,29,32). The van der Waals surface area contributed by atoms with Gasteiger partial charge in [-0.2, -0.15) is 10.4 Å². The Hall–Kier alpha value is -4.61. The van der Waals surface area contributed by atoms with Gasteiger partial charge >= 0.3 is 0 Å². The molecule has 0 saturated carbocycles. The molecule has 7 nitrogen and oxygen atoms in total. The van der Waals surface area contributed by atoms with E-state index in [1.54, 1.807) is 34.6 Å². The van der Waals surface area contributed by atoms with Crippen molar-refractivity contribution >= 4 is 22.4 Å². The monoisotopic (exact) mass is 448 g/mol. The number of hydrogen-bond acceptors (Lipinski definition) is 6. The fraction of sp³-hybridized carbons (Fsp3) is 0. The Balaban J connectivity index is 1.48. The van der Waals surface area contributed by atoms with E-state index in [0.717, 1.165) is 11.3 Å². The lowest BCUT2D eigenvalue weighted by Gasteiger charge is -2.03. The maximum Gasteiger partial charge on any atom is 0.261 e. The SMILES string of the molecule is N#Cc1cccnc1-c1csc(NC(=O)c2cn(-c3ccccc3)nc2-c2ccccc2)n1. The van der Waals surface area contributed by atoms with E-state index in [1.807, 2.05) is 60.7 Å². The first kappa shape index (κ1) is 20.3. The van der Waals surface area contributed by atoms with Gasteiger partial charge < -0.3 is 0 Å². The fourth-order valence-electron chi connectivity index (χ4n) is 3.37. The quantitative estimate of drug-likeness (QED) is 0.399. The second-order valence-electron chi connectivity index (χ2n) is 7.04. The molecule has 5 rings (SSSR count). The second kappa shape index (κ2) is 8.86. The molecular weight excluding hydrogens is 432 g/mol. The minimum Gasteiger partial charge on any atom is -0.298 e. The van der Waals surface area contributed by atoms with Gasteiger partial charge in [-0.1, -0.05) is 48.5 Å². The normalized spacial score (nSPS) is 10.5. The van der Waals surface area contributed by atoms with Gasteiger partial charge in [0.1, 0.15) is 23.2 Å². The first-order valence-electron chi connectivity index (χ1n) is 10.1. The highest BCUT2D eigenvalue weighted by Gasteiger charge is 2.20. The summed E-state index contributed by atoms with van der Waals surface area (Å²) in [5, 5.41) is 19.1. The van der Waals surface area contributed by atoms with Crippen molar-refractivity contribution in [3.05, 3.63) is 102 Å². The molecule has 0 atom stereocenters. The molecule has 2 aromatic carbocycles. The molecule has 33 heavy (non-hydrogen) atoms. The maximum absolute atomic E-state index is 13.3. The number of carbonyl (C=O) groups is 1. The summed E-state index contributed by atoms with van der Waals surface area (Å²) in [7, 11) is 0. The molecule has 3 heterocycles. The number of pyridine rings is 1. The summed E-state index contributed by atoms with van der Waals surface area (Å²) in [5.74, 6) is -0.321. The minimum atomic E-state index is -0.321. The highest BCUT2D eigenvalue weighted by molar-refractivity contribution is 7.14. The zero-order chi connectivity index (χ0) is 22.6. The molecule has 1 N–H and O–H groups in total. The third-order valence-corrected chi connectivity index (χ3v) is 5.68. The van der Waals surface area contributed by atoms with E-state index in [-0.39, 0.29) is 5.91 Å². The van der Waals surface area contributed by atoms with Crippen molar-refractivity contribution in [1.82, 2.24) is 19.7 Å². The van der Waals surface area contributed by atoms with E-state index >= 15 is 0 Å². The smallest absolute Gasteiger partial charge is 0.261 e. The Bertz CT molecular complexity index is 1470. The molecule has 0 aliphatic heterocycles. The summed E-state index contributed by atoms with van der Waals surface area (Å²) in [5.41, 5.74) is 4.14. The summed E-state index contributed by atoms with van der Waals surface area (Å²) in [4.78, 5) is 22.0. The van der Waals surface area contributed by atoms with Crippen LogP contribution in [0.2, 0.25) is 0 Å². The lowest BCUT2D eigenvalue weighted by Crippen LogP contribution is -2.12. The van der Waals surface area contributed by atoms with Gasteiger partial charge in [-0.3, -0.25) is 15.1 Å². The van der Waals surface area contributed by atoms with Gasteiger partial charge in [0.25, 0.3) is 5.91 Å². The molecule has 0 unspecified atom stereocenters. The number of anilines is 1. The number of thiazole rings is 1. The third-order valence-electron chi connectivity index (χ3n) is 4.92. The van der Waals surface area contributed by atoms with E-state index in [0.29, 0.717) is 33.3 Å². The molecule has 0 aliphatic rings. The summed E-state index contributed by atoms with van der Waals surface area (Å²) < 4.78 is 1.69. The van der Waals surface area contributed by atoms with Crippen LogP contribution in [0.3, 0.4) is 0 Å². The molecule has 0 fully saturated rings. The summed E-state index contributed by atoms with van der Waals surface area (Å²) >= 11 is 1.27. The van der Waals surface area contributed by atoms with Crippen molar-refractivity contribution in [3.63, 3.8) is 0 Å². The Kier molecular flexibility index (Phi) is 5.45. The number of para-hydroxylation sites is 1. The van der Waals surface area contributed by atoms with Gasteiger partial charge in [0, 0.05) is 23.3 Å². The number of amides is 1. The van der Waals surface area contributed by atoms with Crippen LogP contribution in [0.5, 0.6) is 0 Å². The predicted octanol–water partition coefficient (Wildman–Crippen LogP) is 5.18. The van der Waals surface area contributed by atoms with Gasteiger partial charge in [0.2, 0.25) is 0 Å². The van der Waals surface area contributed by atoms with Crippen LogP contribution >= 0.6 is 11.3 Å². The lowest BCUT2D eigenvalue weighted by atomic mass is 10.1. The van der Waals surface area contributed by atoms with Crippen LogP contribution in [-0.4, -0.2) is 25.7 Å². The number of carbonyl (C=O) groups excluding carboxylic acids is 1. The molecule has 158 valence electrons. The average molecular weight is 449 g/mol. The van der Waals surface area contributed by atoms with Gasteiger partial charge in [-0.15, -0.1) is 11.3 Å². The number of nitrogens with one attached hydrogen (secondary N) is 1. The van der Waals surface area contributed by atoms with Crippen LogP contribution < -0.4 is 5.32 Å².